The van der Waals surface area contributed by atoms with E-state index in [1.165, 1.54) is 25.9 Å². The van der Waals surface area contributed by atoms with Crippen LogP contribution in [-0.4, -0.2) is 50.3 Å². The van der Waals surface area contributed by atoms with Crippen molar-refractivity contribution >= 4 is 0 Å². The first-order valence-electron chi connectivity index (χ1n) is 5.74. The molecule has 3 saturated heterocycles. The number of hydrogen-bond acceptors (Lipinski definition) is 3. The molecule has 0 saturated carbocycles. The van der Waals surface area contributed by atoms with Crippen molar-refractivity contribution in [1.82, 2.24) is 10.2 Å². The number of rotatable bonds is 2. The van der Waals surface area contributed by atoms with Crippen LogP contribution in [0.3, 0.4) is 0 Å². The van der Waals surface area contributed by atoms with E-state index in [0.717, 1.165) is 18.4 Å². The summed E-state index contributed by atoms with van der Waals surface area (Å²) >= 11 is 0. The van der Waals surface area contributed by atoms with E-state index in [1.807, 2.05) is 0 Å². The molecule has 2 bridgehead atoms. The summed E-state index contributed by atoms with van der Waals surface area (Å²) in [6.45, 7) is 3.46. The van der Waals surface area contributed by atoms with Gasteiger partial charge >= 0.3 is 0 Å². The topological polar surface area (TPSA) is 24.5 Å². The summed E-state index contributed by atoms with van der Waals surface area (Å²) in [5.41, 5.74) is 0.241. The maximum Gasteiger partial charge on any atom is 0.0855 e. The Hall–Kier alpha value is -0.120. The molecule has 14 heavy (non-hydrogen) atoms. The van der Waals surface area contributed by atoms with Gasteiger partial charge in [-0.1, -0.05) is 0 Å². The highest BCUT2D eigenvalue weighted by Crippen LogP contribution is 2.52. The van der Waals surface area contributed by atoms with Crippen molar-refractivity contribution in [2.75, 3.05) is 33.7 Å². The van der Waals surface area contributed by atoms with Crippen LogP contribution >= 0.6 is 0 Å². The Kier molecular flexibility index (Phi) is 1.92. The van der Waals surface area contributed by atoms with Crippen LogP contribution in [0.25, 0.3) is 0 Å². The van der Waals surface area contributed by atoms with Crippen molar-refractivity contribution in [3.05, 3.63) is 0 Å². The minimum Gasteiger partial charge on any atom is -0.370 e. The molecule has 3 nitrogen and oxygen atoms in total. The molecule has 3 fully saturated rings. The zero-order valence-electron chi connectivity index (χ0n) is 9.12. The number of nitrogens with zero attached hydrogens (tertiary/aromatic N) is 1. The summed E-state index contributed by atoms with van der Waals surface area (Å²) in [6, 6.07) is 0. The Bertz CT molecular complexity index is 239. The Labute approximate surface area is 85.8 Å². The quantitative estimate of drug-likeness (QED) is 0.688. The van der Waals surface area contributed by atoms with Crippen LogP contribution in [0.2, 0.25) is 0 Å². The van der Waals surface area contributed by atoms with E-state index >= 15 is 0 Å². The molecule has 3 heteroatoms. The largest absolute Gasteiger partial charge is 0.370 e. The average Bonchev–Trinajstić information content (AvgIpc) is 2.74. The summed E-state index contributed by atoms with van der Waals surface area (Å²) in [6.07, 6.45) is 3.14. The van der Waals surface area contributed by atoms with Gasteiger partial charge in [-0.2, -0.15) is 0 Å². The van der Waals surface area contributed by atoms with Gasteiger partial charge in [0.1, 0.15) is 0 Å². The van der Waals surface area contributed by atoms with E-state index in [9.17, 15) is 0 Å². The molecule has 0 radical (unpaired) electrons. The van der Waals surface area contributed by atoms with Gasteiger partial charge in [0.15, 0.2) is 0 Å². The number of fused-ring (bicyclic) bond motifs is 1. The van der Waals surface area contributed by atoms with E-state index in [4.69, 9.17) is 4.74 Å². The van der Waals surface area contributed by atoms with E-state index in [1.54, 1.807) is 0 Å². The maximum atomic E-state index is 6.21. The molecular formula is C11H20N2O. The van der Waals surface area contributed by atoms with Gasteiger partial charge in [-0.25, -0.2) is 0 Å². The summed E-state index contributed by atoms with van der Waals surface area (Å²) in [5.74, 6) is 1.55. The monoisotopic (exact) mass is 196 g/mol. The normalized spacial score (nSPS) is 50.4. The molecule has 3 rings (SSSR count). The zero-order chi connectivity index (χ0) is 9.76. The molecule has 3 heterocycles. The van der Waals surface area contributed by atoms with Crippen LogP contribution in [-0.2, 0) is 4.74 Å². The molecule has 4 atom stereocenters. The Morgan fingerprint density at radius 3 is 3.14 bits per heavy atom. The third kappa shape index (κ3) is 1.09. The first-order chi connectivity index (χ1) is 6.71. The Morgan fingerprint density at radius 2 is 2.36 bits per heavy atom. The van der Waals surface area contributed by atoms with Crippen LogP contribution in [0.4, 0.5) is 0 Å². The van der Waals surface area contributed by atoms with Crippen molar-refractivity contribution in [2.45, 2.75) is 24.5 Å². The van der Waals surface area contributed by atoms with Gasteiger partial charge in [-0.05, 0) is 26.9 Å². The van der Waals surface area contributed by atoms with Gasteiger partial charge in [0.25, 0.3) is 0 Å². The van der Waals surface area contributed by atoms with E-state index < -0.39 is 0 Å². The minimum absolute atomic E-state index is 0.241. The molecule has 80 valence electrons. The number of hydrogen-bond donors (Lipinski definition) is 1. The van der Waals surface area contributed by atoms with Crippen LogP contribution < -0.4 is 5.32 Å². The van der Waals surface area contributed by atoms with Crippen molar-refractivity contribution in [3.63, 3.8) is 0 Å². The molecule has 1 spiro atoms. The third-order valence-electron chi connectivity index (χ3n) is 4.27. The lowest BCUT2D eigenvalue weighted by Gasteiger charge is -2.31. The highest BCUT2D eigenvalue weighted by atomic mass is 16.5. The lowest BCUT2D eigenvalue weighted by Crippen LogP contribution is -2.40. The molecule has 3 aliphatic heterocycles. The average molecular weight is 196 g/mol. The van der Waals surface area contributed by atoms with E-state index in [0.29, 0.717) is 6.10 Å². The first-order valence-corrected chi connectivity index (χ1v) is 5.74. The molecule has 0 aromatic rings. The second-order valence-corrected chi connectivity index (χ2v) is 5.42. The molecule has 0 unspecified atom stereocenters. The highest BCUT2D eigenvalue weighted by molar-refractivity contribution is 5.11. The van der Waals surface area contributed by atoms with Gasteiger partial charge < -0.3 is 15.0 Å². The molecule has 3 aliphatic rings. The maximum absolute atomic E-state index is 6.21. The lowest BCUT2D eigenvalue weighted by atomic mass is 9.73. The van der Waals surface area contributed by atoms with Crippen LogP contribution in [0.5, 0.6) is 0 Å². The Morgan fingerprint density at radius 1 is 1.50 bits per heavy atom. The minimum atomic E-state index is 0.241. The summed E-state index contributed by atoms with van der Waals surface area (Å²) < 4.78 is 6.21. The zero-order valence-corrected chi connectivity index (χ0v) is 9.12. The summed E-state index contributed by atoms with van der Waals surface area (Å²) in [7, 11) is 4.34. The summed E-state index contributed by atoms with van der Waals surface area (Å²) in [4.78, 5) is 2.31. The van der Waals surface area contributed by atoms with Crippen molar-refractivity contribution < 1.29 is 4.74 Å². The van der Waals surface area contributed by atoms with Crippen molar-refractivity contribution in [3.8, 4) is 0 Å². The van der Waals surface area contributed by atoms with Gasteiger partial charge in [0.2, 0.25) is 0 Å². The second-order valence-electron chi connectivity index (χ2n) is 5.42. The predicted molar refractivity (Wildman–Crippen MR) is 55.2 cm³/mol. The molecule has 0 aromatic heterocycles. The van der Waals surface area contributed by atoms with Gasteiger partial charge in [0, 0.05) is 31.5 Å². The number of nitrogens with one attached hydrogen (secondary N) is 1. The van der Waals surface area contributed by atoms with Gasteiger partial charge in [0.05, 0.1) is 11.7 Å². The first kappa shape index (κ1) is 9.13. The molecule has 0 aromatic carbocycles. The van der Waals surface area contributed by atoms with E-state index in [-0.39, 0.29) is 5.60 Å². The summed E-state index contributed by atoms with van der Waals surface area (Å²) in [5, 5.41) is 3.50. The van der Waals surface area contributed by atoms with Crippen LogP contribution in [0.1, 0.15) is 12.8 Å². The molecule has 0 amide bonds. The van der Waals surface area contributed by atoms with Gasteiger partial charge in [-0.3, -0.25) is 0 Å². The fraction of sp³-hybridized carbons (Fsp3) is 1.00. The fourth-order valence-electron chi connectivity index (χ4n) is 3.73. The van der Waals surface area contributed by atoms with Crippen molar-refractivity contribution in [1.29, 1.82) is 0 Å². The molecule has 1 N–H and O–H groups in total. The highest BCUT2D eigenvalue weighted by Gasteiger charge is 2.60. The van der Waals surface area contributed by atoms with Gasteiger partial charge in [-0.15, -0.1) is 0 Å². The third-order valence-corrected chi connectivity index (χ3v) is 4.27. The molecular weight excluding hydrogens is 176 g/mol. The van der Waals surface area contributed by atoms with E-state index in [2.05, 4.69) is 24.3 Å². The lowest BCUT2D eigenvalue weighted by molar-refractivity contribution is 0.0120. The SMILES string of the molecule is CN(C)C[C@H]1[C@H]2CNC[C@]23CC[C@H]1O3. The smallest absolute Gasteiger partial charge is 0.0855 e. The van der Waals surface area contributed by atoms with Crippen LogP contribution in [0.15, 0.2) is 0 Å². The Balaban J connectivity index is 1.81. The fourth-order valence-corrected chi connectivity index (χ4v) is 3.73. The van der Waals surface area contributed by atoms with Crippen LogP contribution in [0, 0.1) is 11.8 Å². The van der Waals surface area contributed by atoms with Crippen molar-refractivity contribution in [2.24, 2.45) is 11.8 Å². The molecule has 0 aliphatic carbocycles. The predicted octanol–water partition coefficient (Wildman–Crippen LogP) is 0.315. The second kappa shape index (κ2) is 2.94. The number of ether oxygens (including phenoxy) is 1. The standard InChI is InChI=1S/C11H20N2O/c1-13(2)6-8-9-5-12-7-11(9)4-3-10(8)14-11/h8-10,12H,3-7H2,1-2H3/t8-,9+,10+,11+/m0/s1.